The standard InChI is InChI=1S/C20H27N5O/c1-23-16-22-13-18(23)15-24-9-3-5-20(6-10-24)7-11-25(19(20)26)14-17-4-2-8-21-12-17/h2,4,8,12-13,16H,3,5-7,9-11,14-15H2,1H3/t20-/m0/s1. The fourth-order valence-electron chi connectivity index (χ4n) is 4.39. The van der Waals surface area contributed by atoms with Crippen LogP contribution < -0.4 is 0 Å². The van der Waals surface area contributed by atoms with Gasteiger partial charge in [0.2, 0.25) is 5.91 Å². The lowest BCUT2D eigenvalue weighted by Gasteiger charge is -2.27. The Labute approximate surface area is 154 Å². The van der Waals surface area contributed by atoms with Gasteiger partial charge in [-0.2, -0.15) is 0 Å². The lowest BCUT2D eigenvalue weighted by atomic mass is 9.79. The van der Waals surface area contributed by atoms with Crippen molar-refractivity contribution in [3.05, 3.63) is 48.3 Å². The Balaban J connectivity index is 1.40. The minimum absolute atomic E-state index is 0.149. The fraction of sp³-hybridized carbons (Fsp3) is 0.550. The fourth-order valence-corrected chi connectivity index (χ4v) is 4.39. The average Bonchev–Trinajstić information content (AvgIpc) is 3.10. The Hall–Kier alpha value is -2.21. The van der Waals surface area contributed by atoms with Crippen LogP contribution in [0.25, 0.3) is 0 Å². The molecule has 0 aromatic carbocycles. The maximum atomic E-state index is 13.2. The zero-order chi connectivity index (χ0) is 18.0. The number of aryl methyl sites for hydroxylation is 1. The molecule has 6 heteroatoms. The second kappa shape index (κ2) is 7.19. The van der Waals surface area contributed by atoms with Gasteiger partial charge in [-0.1, -0.05) is 6.07 Å². The Bertz CT molecular complexity index is 759. The molecule has 2 fully saturated rings. The van der Waals surface area contributed by atoms with Gasteiger partial charge in [0.05, 0.1) is 17.4 Å². The van der Waals surface area contributed by atoms with Crippen LogP contribution >= 0.6 is 0 Å². The SMILES string of the molecule is Cn1cncc1CN1CCC[C@]2(CC1)CCN(Cc1cccnc1)C2=O. The van der Waals surface area contributed by atoms with E-state index >= 15 is 0 Å². The van der Waals surface area contributed by atoms with Crippen LogP contribution in [0.1, 0.15) is 36.9 Å². The minimum atomic E-state index is -0.149. The first-order chi connectivity index (χ1) is 12.7. The molecule has 6 nitrogen and oxygen atoms in total. The number of carbonyl (C=O) groups excluding carboxylic acids is 1. The van der Waals surface area contributed by atoms with Crippen molar-refractivity contribution in [1.29, 1.82) is 0 Å². The second-order valence-electron chi connectivity index (χ2n) is 7.74. The van der Waals surface area contributed by atoms with Crippen molar-refractivity contribution in [1.82, 2.24) is 24.3 Å². The number of amides is 1. The average molecular weight is 353 g/mol. The van der Waals surface area contributed by atoms with Gasteiger partial charge in [0.1, 0.15) is 0 Å². The molecule has 0 N–H and O–H groups in total. The molecular weight excluding hydrogens is 326 g/mol. The van der Waals surface area contributed by atoms with E-state index in [1.54, 1.807) is 6.20 Å². The predicted octanol–water partition coefficient (Wildman–Crippen LogP) is 2.22. The monoisotopic (exact) mass is 353 g/mol. The molecule has 2 aromatic heterocycles. The molecule has 0 radical (unpaired) electrons. The highest BCUT2D eigenvalue weighted by Gasteiger charge is 2.46. The molecule has 2 aromatic rings. The summed E-state index contributed by atoms with van der Waals surface area (Å²) in [4.78, 5) is 26.1. The number of pyridine rings is 1. The molecule has 4 rings (SSSR count). The van der Waals surface area contributed by atoms with Crippen LogP contribution in [0.2, 0.25) is 0 Å². The van der Waals surface area contributed by atoms with Crippen molar-refractivity contribution < 1.29 is 4.79 Å². The van der Waals surface area contributed by atoms with Crippen LogP contribution in [0.4, 0.5) is 0 Å². The zero-order valence-corrected chi connectivity index (χ0v) is 15.5. The van der Waals surface area contributed by atoms with Crippen LogP contribution in [0.3, 0.4) is 0 Å². The Kier molecular flexibility index (Phi) is 4.76. The van der Waals surface area contributed by atoms with Gasteiger partial charge in [0.25, 0.3) is 0 Å². The summed E-state index contributed by atoms with van der Waals surface area (Å²) in [5.41, 5.74) is 2.20. The summed E-state index contributed by atoms with van der Waals surface area (Å²) < 4.78 is 2.08. The van der Waals surface area contributed by atoms with E-state index in [4.69, 9.17) is 0 Å². The highest BCUT2D eigenvalue weighted by atomic mass is 16.2. The second-order valence-corrected chi connectivity index (χ2v) is 7.74. The highest BCUT2D eigenvalue weighted by molar-refractivity contribution is 5.84. The van der Waals surface area contributed by atoms with Gasteiger partial charge < -0.3 is 9.47 Å². The van der Waals surface area contributed by atoms with Gasteiger partial charge in [-0.3, -0.25) is 14.7 Å². The molecular formula is C20H27N5O. The molecule has 1 atom stereocenters. The van der Waals surface area contributed by atoms with Gasteiger partial charge in [-0.25, -0.2) is 4.98 Å². The zero-order valence-electron chi connectivity index (χ0n) is 15.5. The van der Waals surface area contributed by atoms with Crippen molar-refractivity contribution in [3.63, 3.8) is 0 Å². The Morgan fingerprint density at radius 1 is 1.08 bits per heavy atom. The summed E-state index contributed by atoms with van der Waals surface area (Å²) in [5.74, 6) is 0.351. The number of nitrogens with zero attached hydrogens (tertiary/aromatic N) is 5. The number of imidazole rings is 1. The van der Waals surface area contributed by atoms with Crippen molar-refractivity contribution in [2.24, 2.45) is 12.5 Å². The molecule has 2 saturated heterocycles. The third kappa shape index (κ3) is 3.38. The highest BCUT2D eigenvalue weighted by Crippen LogP contribution is 2.42. The minimum Gasteiger partial charge on any atom is -0.338 e. The van der Waals surface area contributed by atoms with Crippen LogP contribution in [0.5, 0.6) is 0 Å². The van der Waals surface area contributed by atoms with Crippen LogP contribution in [-0.2, 0) is 24.9 Å². The summed E-state index contributed by atoms with van der Waals surface area (Å²) in [6.45, 7) is 4.52. The van der Waals surface area contributed by atoms with E-state index in [0.717, 1.165) is 57.4 Å². The lowest BCUT2D eigenvalue weighted by molar-refractivity contribution is -0.137. The molecule has 138 valence electrons. The van der Waals surface area contributed by atoms with Gasteiger partial charge in [0, 0.05) is 45.3 Å². The number of hydrogen-bond acceptors (Lipinski definition) is 4. The van der Waals surface area contributed by atoms with E-state index in [-0.39, 0.29) is 5.41 Å². The van der Waals surface area contributed by atoms with Gasteiger partial charge in [-0.15, -0.1) is 0 Å². The van der Waals surface area contributed by atoms with Crippen LogP contribution in [-0.4, -0.2) is 49.9 Å². The lowest BCUT2D eigenvalue weighted by Crippen LogP contribution is -2.35. The van der Waals surface area contributed by atoms with E-state index in [1.807, 2.05) is 42.8 Å². The number of likely N-dealkylation sites (tertiary alicyclic amines) is 2. The summed E-state index contributed by atoms with van der Waals surface area (Å²) in [6.07, 6.45) is 11.5. The van der Waals surface area contributed by atoms with E-state index < -0.39 is 0 Å². The molecule has 1 spiro atoms. The third-order valence-corrected chi connectivity index (χ3v) is 6.04. The maximum absolute atomic E-state index is 13.2. The summed E-state index contributed by atoms with van der Waals surface area (Å²) in [5, 5.41) is 0. The largest absolute Gasteiger partial charge is 0.338 e. The summed E-state index contributed by atoms with van der Waals surface area (Å²) >= 11 is 0. The van der Waals surface area contributed by atoms with Crippen molar-refractivity contribution in [3.8, 4) is 0 Å². The van der Waals surface area contributed by atoms with E-state index in [0.29, 0.717) is 12.5 Å². The van der Waals surface area contributed by atoms with Crippen molar-refractivity contribution in [2.75, 3.05) is 19.6 Å². The number of hydrogen-bond donors (Lipinski definition) is 0. The first-order valence-electron chi connectivity index (χ1n) is 9.52. The Morgan fingerprint density at radius 3 is 2.73 bits per heavy atom. The smallest absolute Gasteiger partial charge is 0.229 e. The molecule has 26 heavy (non-hydrogen) atoms. The van der Waals surface area contributed by atoms with E-state index in [2.05, 4.69) is 19.4 Å². The summed E-state index contributed by atoms with van der Waals surface area (Å²) in [6, 6.07) is 3.99. The number of carbonyl (C=O) groups is 1. The molecule has 0 bridgehead atoms. The maximum Gasteiger partial charge on any atom is 0.229 e. The molecule has 1 amide bonds. The van der Waals surface area contributed by atoms with Gasteiger partial charge in [0.15, 0.2) is 0 Å². The van der Waals surface area contributed by atoms with Gasteiger partial charge in [-0.05, 0) is 50.4 Å². The first-order valence-corrected chi connectivity index (χ1v) is 9.52. The van der Waals surface area contributed by atoms with Gasteiger partial charge >= 0.3 is 0 Å². The number of aromatic nitrogens is 3. The molecule has 2 aliphatic rings. The molecule has 0 unspecified atom stereocenters. The van der Waals surface area contributed by atoms with E-state index in [1.165, 1.54) is 5.69 Å². The quantitative estimate of drug-likeness (QED) is 0.846. The number of rotatable bonds is 4. The molecule has 4 heterocycles. The van der Waals surface area contributed by atoms with Crippen LogP contribution in [0.15, 0.2) is 37.1 Å². The van der Waals surface area contributed by atoms with Crippen molar-refractivity contribution >= 4 is 5.91 Å². The predicted molar refractivity (Wildman–Crippen MR) is 99.0 cm³/mol. The topological polar surface area (TPSA) is 54.3 Å². The molecule has 0 aliphatic carbocycles. The van der Waals surface area contributed by atoms with Crippen molar-refractivity contribution in [2.45, 2.75) is 38.8 Å². The molecule has 0 saturated carbocycles. The normalized spacial score (nSPS) is 24.3. The van der Waals surface area contributed by atoms with E-state index in [9.17, 15) is 4.79 Å². The molecule has 2 aliphatic heterocycles. The Morgan fingerprint density at radius 2 is 1.96 bits per heavy atom. The first kappa shape index (κ1) is 17.2. The third-order valence-electron chi connectivity index (χ3n) is 6.04. The van der Waals surface area contributed by atoms with Crippen LogP contribution in [0, 0.1) is 5.41 Å². The summed E-state index contributed by atoms with van der Waals surface area (Å²) in [7, 11) is 2.04.